The van der Waals surface area contributed by atoms with E-state index in [1.807, 2.05) is 24.9 Å². The third kappa shape index (κ3) is 3.06. The molecule has 0 aliphatic heterocycles. The summed E-state index contributed by atoms with van der Waals surface area (Å²) in [5.41, 5.74) is 7.97. The zero-order chi connectivity index (χ0) is 13.8. The van der Waals surface area contributed by atoms with E-state index < -0.39 is 0 Å². The molecule has 0 saturated carbocycles. The molecule has 0 radical (unpaired) electrons. The number of nitrogens with zero attached hydrogens (tertiary/aromatic N) is 3. The average molecular weight is 260 g/mol. The first-order valence-corrected chi connectivity index (χ1v) is 6.09. The Morgan fingerprint density at radius 2 is 2.00 bits per heavy atom. The molecule has 2 aromatic rings. The van der Waals surface area contributed by atoms with Crippen molar-refractivity contribution in [2.24, 2.45) is 5.73 Å². The average Bonchev–Trinajstić information content (AvgIpc) is 2.41. The minimum absolute atomic E-state index is 0.218. The summed E-state index contributed by atoms with van der Waals surface area (Å²) in [6.45, 7) is 2.74. The molecule has 1 aromatic heterocycles. The van der Waals surface area contributed by atoms with Crippen molar-refractivity contribution in [2.45, 2.75) is 20.0 Å². The van der Waals surface area contributed by atoms with Crippen LogP contribution >= 0.6 is 0 Å². The molecule has 0 amide bonds. The molecule has 1 heterocycles. The van der Waals surface area contributed by atoms with E-state index in [0.717, 1.165) is 11.3 Å². The Labute approximate surface area is 112 Å². The van der Waals surface area contributed by atoms with Gasteiger partial charge in [0.2, 0.25) is 5.95 Å². The minimum Gasteiger partial charge on any atom is -0.339 e. The predicted molar refractivity (Wildman–Crippen MR) is 73.2 cm³/mol. The van der Waals surface area contributed by atoms with Gasteiger partial charge in [-0.2, -0.15) is 0 Å². The van der Waals surface area contributed by atoms with Crippen molar-refractivity contribution in [3.05, 3.63) is 53.1 Å². The Morgan fingerprint density at radius 1 is 1.26 bits per heavy atom. The van der Waals surface area contributed by atoms with E-state index in [4.69, 9.17) is 5.73 Å². The zero-order valence-electron chi connectivity index (χ0n) is 11.1. The lowest BCUT2D eigenvalue weighted by molar-refractivity contribution is 0.607. The summed E-state index contributed by atoms with van der Waals surface area (Å²) in [5, 5.41) is 0. The summed E-state index contributed by atoms with van der Waals surface area (Å²) >= 11 is 0. The predicted octanol–water partition coefficient (Wildman–Crippen LogP) is 2.02. The lowest BCUT2D eigenvalue weighted by Gasteiger charge is -2.18. The summed E-state index contributed by atoms with van der Waals surface area (Å²) < 4.78 is 13.6. The number of halogens is 1. The van der Waals surface area contributed by atoms with Gasteiger partial charge in [-0.25, -0.2) is 14.4 Å². The van der Waals surface area contributed by atoms with Crippen LogP contribution in [0.1, 0.15) is 16.8 Å². The largest absolute Gasteiger partial charge is 0.339 e. The molecule has 0 fully saturated rings. The molecular weight excluding hydrogens is 243 g/mol. The molecule has 5 heteroatoms. The Morgan fingerprint density at radius 3 is 2.63 bits per heavy atom. The first kappa shape index (κ1) is 13.4. The van der Waals surface area contributed by atoms with Crippen molar-refractivity contribution < 1.29 is 4.39 Å². The van der Waals surface area contributed by atoms with E-state index in [1.165, 1.54) is 6.07 Å². The molecule has 4 nitrogen and oxygen atoms in total. The first-order valence-electron chi connectivity index (χ1n) is 6.09. The number of hydrogen-bond acceptors (Lipinski definition) is 4. The highest BCUT2D eigenvalue weighted by molar-refractivity contribution is 5.34. The number of aromatic nitrogens is 2. The number of hydrogen-bond donors (Lipinski definition) is 1. The monoisotopic (exact) mass is 260 g/mol. The molecule has 0 aliphatic rings. The normalized spacial score (nSPS) is 10.5. The smallest absolute Gasteiger partial charge is 0.225 e. The summed E-state index contributed by atoms with van der Waals surface area (Å²) in [7, 11) is 1.84. The second-order valence-corrected chi connectivity index (χ2v) is 4.43. The fourth-order valence-electron chi connectivity index (χ4n) is 1.82. The highest BCUT2D eigenvalue weighted by atomic mass is 19.1. The van der Waals surface area contributed by atoms with Crippen LogP contribution in [0.2, 0.25) is 0 Å². The van der Waals surface area contributed by atoms with Gasteiger partial charge in [-0.3, -0.25) is 0 Å². The van der Waals surface area contributed by atoms with Gasteiger partial charge >= 0.3 is 0 Å². The third-order valence-corrected chi connectivity index (χ3v) is 2.99. The molecule has 2 N–H and O–H groups in total. The Hall–Kier alpha value is -2.01. The lowest BCUT2D eigenvalue weighted by Crippen LogP contribution is -2.20. The maximum atomic E-state index is 13.6. The van der Waals surface area contributed by atoms with Crippen LogP contribution in [0.5, 0.6) is 0 Å². The van der Waals surface area contributed by atoms with Gasteiger partial charge in [0.05, 0.1) is 0 Å². The molecule has 0 unspecified atom stereocenters. The van der Waals surface area contributed by atoms with Crippen molar-refractivity contribution in [1.82, 2.24) is 9.97 Å². The number of nitrogens with two attached hydrogens (primary N) is 1. The van der Waals surface area contributed by atoms with E-state index in [1.54, 1.807) is 18.3 Å². The number of anilines is 1. The van der Waals surface area contributed by atoms with Crippen LogP contribution in [0.4, 0.5) is 10.3 Å². The molecule has 100 valence electrons. The number of aryl methyl sites for hydroxylation is 1. The number of rotatable bonds is 4. The van der Waals surface area contributed by atoms with Gasteiger partial charge < -0.3 is 10.6 Å². The maximum absolute atomic E-state index is 13.6. The molecule has 19 heavy (non-hydrogen) atoms. The Kier molecular flexibility index (Phi) is 4.06. The minimum atomic E-state index is -0.218. The fraction of sp³-hybridized carbons (Fsp3) is 0.286. The van der Waals surface area contributed by atoms with Gasteiger partial charge in [0.1, 0.15) is 5.82 Å². The van der Waals surface area contributed by atoms with Crippen molar-refractivity contribution in [3.63, 3.8) is 0 Å². The topological polar surface area (TPSA) is 55.0 Å². The van der Waals surface area contributed by atoms with Crippen LogP contribution < -0.4 is 10.6 Å². The molecular formula is C14H17FN4. The molecule has 0 saturated heterocycles. The van der Waals surface area contributed by atoms with Crippen molar-refractivity contribution in [2.75, 3.05) is 11.9 Å². The molecule has 1 aromatic carbocycles. The zero-order valence-corrected chi connectivity index (χ0v) is 11.1. The lowest BCUT2D eigenvalue weighted by atomic mass is 10.2. The second kappa shape index (κ2) is 5.75. The SMILES string of the molecule is Cc1nc(N(C)Cc2ccccc2F)ncc1CN. The Balaban J connectivity index is 2.18. The summed E-state index contributed by atoms with van der Waals surface area (Å²) in [6.07, 6.45) is 1.72. The van der Waals surface area contributed by atoms with Crippen LogP contribution in [0, 0.1) is 12.7 Å². The highest BCUT2D eigenvalue weighted by Gasteiger charge is 2.09. The van der Waals surface area contributed by atoms with Gasteiger partial charge in [0.15, 0.2) is 0 Å². The van der Waals surface area contributed by atoms with Crippen LogP contribution in [-0.4, -0.2) is 17.0 Å². The highest BCUT2D eigenvalue weighted by Crippen LogP contribution is 2.14. The van der Waals surface area contributed by atoms with Gasteiger partial charge in [-0.1, -0.05) is 18.2 Å². The number of benzene rings is 1. The van der Waals surface area contributed by atoms with E-state index >= 15 is 0 Å². The summed E-state index contributed by atoms with van der Waals surface area (Å²) in [6, 6.07) is 6.70. The summed E-state index contributed by atoms with van der Waals surface area (Å²) in [4.78, 5) is 10.4. The molecule has 0 atom stereocenters. The van der Waals surface area contributed by atoms with Crippen LogP contribution in [0.25, 0.3) is 0 Å². The van der Waals surface area contributed by atoms with E-state index in [2.05, 4.69) is 9.97 Å². The quantitative estimate of drug-likeness (QED) is 0.913. The van der Waals surface area contributed by atoms with Gasteiger partial charge in [-0.15, -0.1) is 0 Å². The van der Waals surface area contributed by atoms with Crippen molar-refractivity contribution >= 4 is 5.95 Å². The molecule has 0 aliphatic carbocycles. The van der Waals surface area contributed by atoms with Gasteiger partial charge in [-0.05, 0) is 13.0 Å². The van der Waals surface area contributed by atoms with E-state index in [0.29, 0.717) is 24.6 Å². The molecule has 0 bridgehead atoms. The Bertz CT molecular complexity index is 571. The molecule has 2 rings (SSSR count). The first-order chi connectivity index (χ1) is 9.11. The van der Waals surface area contributed by atoms with Gasteiger partial charge in [0, 0.05) is 43.2 Å². The second-order valence-electron chi connectivity index (χ2n) is 4.43. The standard InChI is InChI=1S/C14H17FN4/c1-10-12(7-16)8-17-14(18-10)19(2)9-11-5-3-4-6-13(11)15/h3-6,8H,7,9,16H2,1-2H3. The van der Waals surface area contributed by atoms with E-state index in [-0.39, 0.29) is 5.82 Å². The van der Waals surface area contributed by atoms with Crippen LogP contribution in [-0.2, 0) is 13.1 Å². The van der Waals surface area contributed by atoms with Crippen LogP contribution in [0.3, 0.4) is 0 Å². The van der Waals surface area contributed by atoms with Gasteiger partial charge in [0.25, 0.3) is 0 Å². The third-order valence-electron chi connectivity index (χ3n) is 2.99. The summed E-state index contributed by atoms with van der Waals surface area (Å²) in [5.74, 6) is 0.350. The van der Waals surface area contributed by atoms with E-state index in [9.17, 15) is 4.39 Å². The fourth-order valence-corrected chi connectivity index (χ4v) is 1.82. The molecule has 0 spiro atoms. The van der Waals surface area contributed by atoms with Crippen LogP contribution in [0.15, 0.2) is 30.5 Å². The van der Waals surface area contributed by atoms with Crippen molar-refractivity contribution in [1.29, 1.82) is 0 Å². The maximum Gasteiger partial charge on any atom is 0.225 e. The van der Waals surface area contributed by atoms with Crippen molar-refractivity contribution in [3.8, 4) is 0 Å².